The number of rotatable bonds is 12. The lowest BCUT2D eigenvalue weighted by atomic mass is 10.0. The SMILES string of the molecule is CN(CCC(C)(C)OCCC(C)(C)OCCC=O)C(=O)CS. The molecule has 0 aromatic heterocycles. The molecule has 6 heteroatoms. The average molecular weight is 333 g/mol. The molecule has 0 spiro atoms. The Bertz CT molecular complexity index is 345. The maximum absolute atomic E-state index is 11.5. The van der Waals surface area contributed by atoms with Gasteiger partial charge in [-0.3, -0.25) is 4.79 Å². The van der Waals surface area contributed by atoms with Gasteiger partial charge >= 0.3 is 0 Å². The van der Waals surface area contributed by atoms with Crippen LogP contribution in [0.2, 0.25) is 0 Å². The van der Waals surface area contributed by atoms with Gasteiger partial charge in [-0.05, 0) is 40.5 Å². The maximum atomic E-state index is 11.5. The van der Waals surface area contributed by atoms with Crippen LogP contribution in [0.1, 0.15) is 47.0 Å². The Morgan fingerprint density at radius 2 is 1.64 bits per heavy atom. The smallest absolute Gasteiger partial charge is 0.232 e. The molecule has 1 amide bonds. The fourth-order valence-corrected chi connectivity index (χ4v) is 2.02. The molecule has 5 nitrogen and oxygen atoms in total. The molecule has 0 saturated carbocycles. The van der Waals surface area contributed by atoms with Crippen molar-refractivity contribution in [3.05, 3.63) is 0 Å². The van der Waals surface area contributed by atoms with E-state index in [0.29, 0.717) is 26.2 Å². The minimum absolute atomic E-state index is 0.0174. The Morgan fingerprint density at radius 3 is 2.18 bits per heavy atom. The largest absolute Gasteiger partial charge is 0.375 e. The van der Waals surface area contributed by atoms with Gasteiger partial charge < -0.3 is 19.2 Å². The first-order valence-electron chi connectivity index (χ1n) is 7.70. The van der Waals surface area contributed by atoms with Gasteiger partial charge in [0.15, 0.2) is 0 Å². The first-order chi connectivity index (χ1) is 10.1. The van der Waals surface area contributed by atoms with Crippen molar-refractivity contribution in [2.45, 2.75) is 58.2 Å². The molecular formula is C16H31NO4S. The monoisotopic (exact) mass is 333 g/mol. The highest BCUT2D eigenvalue weighted by Gasteiger charge is 2.23. The number of amides is 1. The van der Waals surface area contributed by atoms with Crippen molar-refractivity contribution in [1.82, 2.24) is 4.90 Å². The van der Waals surface area contributed by atoms with E-state index in [4.69, 9.17) is 9.47 Å². The molecule has 0 atom stereocenters. The summed E-state index contributed by atoms with van der Waals surface area (Å²) < 4.78 is 11.6. The van der Waals surface area contributed by atoms with Crippen LogP contribution in [0.25, 0.3) is 0 Å². The Hall–Kier alpha value is -0.590. The van der Waals surface area contributed by atoms with Crippen LogP contribution in [0.5, 0.6) is 0 Å². The summed E-state index contributed by atoms with van der Waals surface area (Å²) in [6.07, 6.45) is 2.79. The fourth-order valence-electron chi connectivity index (χ4n) is 1.78. The van der Waals surface area contributed by atoms with Gasteiger partial charge in [0.1, 0.15) is 6.29 Å². The molecule has 22 heavy (non-hydrogen) atoms. The highest BCUT2D eigenvalue weighted by molar-refractivity contribution is 7.81. The minimum Gasteiger partial charge on any atom is -0.375 e. The highest BCUT2D eigenvalue weighted by Crippen LogP contribution is 2.20. The molecule has 0 aliphatic heterocycles. The van der Waals surface area contributed by atoms with E-state index in [2.05, 4.69) is 12.6 Å². The van der Waals surface area contributed by atoms with Crippen molar-refractivity contribution in [1.29, 1.82) is 0 Å². The predicted molar refractivity (Wildman–Crippen MR) is 91.5 cm³/mol. The van der Waals surface area contributed by atoms with Crippen LogP contribution >= 0.6 is 12.6 Å². The number of carbonyl (C=O) groups excluding carboxylic acids is 2. The third kappa shape index (κ3) is 10.2. The van der Waals surface area contributed by atoms with Gasteiger partial charge in [-0.25, -0.2) is 0 Å². The summed E-state index contributed by atoms with van der Waals surface area (Å²) in [7, 11) is 1.78. The third-order valence-corrected chi connectivity index (χ3v) is 3.81. The number of hydrogen-bond donors (Lipinski definition) is 1. The number of ether oxygens (including phenoxy) is 2. The van der Waals surface area contributed by atoms with Gasteiger partial charge in [0.25, 0.3) is 0 Å². The predicted octanol–water partition coefficient (Wildman–Crippen LogP) is 2.33. The lowest BCUT2D eigenvalue weighted by molar-refractivity contribution is -0.128. The van der Waals surface area contributed by atoms with Gasteiger partial charge in [0.05, 0.1) is 30.2 Å². The first-order valence-corrected chi connectivity index (χ1v) is 8.33. The summed E-state index contributed by atoms with van der Waals surface area (Å²) in [4.78, 5) is 23.4. The topological polar surface area (TPSA) is 55.8 Å². The summed E-state index contributed by atoms with van der Waals surface area (Å²) >= 11 is 3.99. The molecule has 130 valence electrons. The van der Waals surface area contributed by atoms with Gasteiger partial charge in [0.2, 0.25) is 5.91 Å². The second-order valence-corrected chi connectivity index (χ2v) is 6.96. The molecule has 0 aliphatic rings. The summed E-state index contributed by atoms with van der Waals surface area (Å²) in [5.74, 6) is 0.244. The Balaban J connectivity index is 4.05. The molecule has 0 heterocycles. The molecule has 0 aliphatic carbocycles. The van der Waals surface area contributed by atoms with Crippen molar-refractivity contribution in [2.75, 3.05) is 32.6 Å². The molecule has 0 unspecified atom stereocenters. The van der Waals surface area contributed by atoms with Crippen LogP contribution in [0.4, 0.5) is 0 Å². The number of aldehydes is 1. The summed E-state index contributed by atoms with van der Waals surface area (Å²) in [5.41, 5.74) is -0.609. The van der Waals surface area contributed by atoms with E-state index in [1.54, 1.807) is 11.9 Å². The fraction of sp³-hybridized carbons (Fsp3) is 0.875. The molecular weight excluding hydrogens is 302 g/mol. The molecule has 0 fully saturated rings. The van der Waals surface area contributed by atoms with Gasteiger partial charge in [-0.2, -0.15) is 12.6 Å². The molecule has 0 radical (unpaired) electrons. The summed E-state index contributed by atoms with van der Waals surface area (Å²) in [5, 5.41) is 0. The van der Waals surface area contributed by atoms with E-state index in [0.717, 1.165) is 19.1 Å². The van der Waals surface area contributed by atoms with Crippen molar-refractivity contribution >= 4 is 24.8 Å². The second kappa shape index (κ2) is 10.2. The van der Waals surface area contributed by atoms with Gasteiger partial charge in [0, 0.05) is 20.0 Å². The molecule has 0 rings (SSSR count). The molecule has 0 saturated heterocycles. The van der Waals surface area contributed by atoms with Gasteiger partial charge in [-0.1, -0.05) is 0 Å². The number of thiol groups is 1. The summed E-state index contributed by atoms with van der Waals surface area (Å²) in [6.45, 7) is 9.69. The van der Waals surface area contributed by atoms with E-state index < -0.39 is 0 Å². The standard InChI is InChI=1S/C16H31NO4S/c1-15(2,7-9-17(5)14(19)13-22)21-12-8-16(3,4)20-11-6-10-18/h10,22H,6-9,11-13H2,1-5H3. The molecule has 0 aromatic carbocycles. The van der Waals surface area contributed by atoms with Crippen molar-refractivity contribution in [3.8, 4) is 0 Å². The zero-order valence-electron chi connectivity index (χ0n) is 14.6. The van der Waals surface area contributed by atoms with E-state index >= 15 is 0 Å². The maximum Gasteiger partial charge on any atom is 0.232 e. The highest BCUT2D eigenvalue weighted by atomic mass is 32.1. The molecule has 0 aromatic rings. The second-order valence-electron chi connectivity index (χ2n) is 6.65. The van der Waals surface area contributed by atoms with Crippen LogP contribution in [-0.4, -0.2) is 60.9 Å². The van der Waals surface area contributed by atoms with Crippen molar-refractivity contribution in [2.24, 2.45) is 0 Å². The first kappa shape index (κ1) is 21.4. The van der Waals surface area contributed by atoms with E-state index in [1.165, 1.54) is 0 Å². The quantitative estimate of drug-likeness (QED) is 0.338. The van der Waals surface area contributed by atoms with Crippen LogP contribution < -0.4 is 0 Å². The average Bonchev–Trinajstić information content (AvgIpc) is 2.43. The lowest BCUT2D eigenvalue weighted by Crippen LogP contribution is -2.36. The summed E-state index contributed by atoms with van der Waals surface area (Å²) in [6, 6.07) is 0. The van der Waals surface area contributed by atoms with Crippen LogP contribution in [0, 0.1) is 0 Å². The molecule has 0 bridgehead atoms. The minimum atomic E-state index is -0.308. The van der Waals surface area contributed by atoms with Crippen LogP contribution in [0.3, 0.4) is 0 Å². The molecule has 0 N–H and O–H groups in total. The van der Waals surface area contributed by atoms with E-state index in [1.807, 2.05) is 27.7 Å². The Labute approximate surface area is 140 Å². The van der Waals surface area contributed by atoms with Crippen molar-refractivity contribution in [3.63, 3.8) is 0 Å². The third-order valence-electron chi connectivity index (χ3n) is 3.54. The van der Waals surface area contributed by atoms with Gasteiger partial charge in [-0.15, -0.1) is 0 Å². The number of carbonyl (C=O) groups is 2. The van der Waals surface area contributed by atoms with Crippen molar-refractivity contribution < 1.29 is 19.1 Å². The Morgan fingerprint density at radius 1 is 1.09 bits per heavy atom. The number of hydrogen-bond acceptors (Lipinski definition) is 5. The lowest BCUT2D eigenvalue weighted by Gasteiger charge is -2.31. The normalized spacial score (nSPS) is 12.3. The Kier molecular flexibility index (Phi) is 9.96. The van der Waals surface area contributed by atoms with Crippen LogP contribution in [0.15, 0.2) is 0 Å². The number of nitrogens with zero attached hydrogens (tertiary/aromatic N) is 1. The zero-order valence-corrected chi connectivity index (χ0v) is 15.4. The van der Waals surface area contributed by atoms with Crippen LogP contribution in [-0.2, 0) is 19.1 Å². The van der Waals surface area contributed by atoms with E-state index in [9.17, 15) is 9.59 Å². The zero-order chi connectivity index (χ0) is 17.2. The van der Waals surface area contributed by atoms with E-state index in [-0.39, 0.29) is 22.9 Å².